The smallest absolute Gasteiger partial charge is 0.410 e. The number of carboxylic acid groups (broad SMARTS) is 1. The van der Waals surface area contributed by atoms with E-state index in [-0.39, 0.29) is 31.1 Å². The molecule has 0 radical (unpaired) electrons. The molecular weight excluding hydrogens is 419 g/mol. The predicted molar refractivity (Wildman–Crippen MR) is 115 cm³/mol. The topological polar surface area (TPSA) is 114 Å². The van der Waals surface area contributed by atoms with Crippen molar-refractivity contribution in [2.75, 3.05) is 6.54 Å². The number of hydrogen-bond donors (Lipinski definition) is 2. The SMILES string of the molecule is CC(C)n1nc(C(=O)N[C@H]2C[C@@H](CC(=O)O)N(C(=O)OC(C)(C)C)C2)c2cc(F)ccc21. The van der Waals surface area contributed by atoms with E-state index in [4.69, 9.17) is 4.74 Å². The van der Waals surface area contributed by atoms with Gasteiger partial charge < -0.3 is 20.1 Å². The summed E-state index contributed by atoms with van der Waals surface area (Å²) in [6.07, 6.45) is -0.631. The van der Waals surface area contributed by atoms with Crippen molar-refractivity contribution < 1.29 is 28.6 Å². The van der Waals surface area contributed by atoms with Gasteiger partial charge in [0.25, 0.3) is 5.91 Å². The second kappa shape index (κ2) is 8.76. The number of aromatic nitrogens is 2. The summed E-state index contributed by atoms with van der Waals surface area (Å²) < 4.78 is 20.9. The minimum absolute atomic E-state index is 0.0430. The number of amides is 2. The summed E-state index contributed by atoms with van der Waals surface area (Å²) >= 11 is 0. The highest BCUT2D eigenvalue weighted by Gasteiger charge is 2.39. The minimum atomic E-state index is -1.05. The fourth-order valence-corrected chi connectivity index (χ4v) is 3.89. The first-order valence-electron chi connectivity index (χ1n) is 10.6. The number of likely N-dealkylation sites (tertiary alicyclic amines) is 1. The molecule has 0 aliphatic carbocycles. The van der Waals surface area contributed by atoms with Crippen molar-refractivity contribution in [2.45, 2.75) is 71.2 Å². The Morgan fingerprint density at radius 2 is 2.00 bits per heavy atom. The van der Waals surface area contributed by atoms with Crippen LogP contribution >= 0.6 is 0 Å². The number of benzene rings is 1. The van der Waals surface area contributed by atoms with Crippen LogP contribution < -0.4 is 5.32 Å². The number of aliphatic carboxylic acids is 1. The zero-order valence-corrected chi connectivity index (χ0v) is 18.9. The van der Waals surface area contributed by atoms with Crippen molar-refractivity contribution in [3.05, 3.63) is 29.7 Å². The lowest BCUT2D eigenvalue weighted by molar-refractivity contribution is -0.138. The number of carbonyl (C=O) groups is 3. The lowest BCUT2D eigenvalue weighted by Crippen LogP contribution is -2.42. The molecule has 1 saturated heterocycles. The first-order chi connectivity index (χ1) is 14.9. The fraction of sp³-hybridized carbons (Fsp3) is 0.545. The first kappa shape index (κ1) is 23.5. The summed E-state index contributed by atoms with van der Waals surface area (Å²) in [6, 6.07) is 3.01. The van der Waals surface area contributed by atoms with E-state index >= 15 is 0 Å². The van der Waals surface area contributed by atoms with Crippen LogP contribution in [-0.2, 0) is 9.53 Å². The molecule has 174 valence electrons. The molecule has 0 unspecified atom stereocenters. The van der Waals surface area contributed by atoms with E-state index in [0.29, 0.717) is 10.9 Å². The summed E-state index contributed by atoms with van der Waals surface area (Å²) in [6.45, 7) is 9.09. The molecule has 0 spiro atoms. The molecule has 9 nitrogen and oxygen atoms in total. The first-order valence-corrected chi connectivity index (χ1v) is 10.6. The molecular formula is C22H29FN4O5. The van der Waals surface area contributed by atoms with Gasteiger partial charge in [-0.25, -0.2) is 9.18 Å². The van der Waals surface area contributed by atoms with Crippen LogP contribution in [0.5, 0.6) is 0 Å². The monoisotopic (exact) mass is 448 g/mol. The molecule has 0 bridgehead atoms. The fourth-order valence-electron chi connectivity index (χ4n) is 3.89. The average Bonchev–Trinajstić information content (AvgIpc) is 3.20. The summed E-state index contributed by atoms with van der Waals surface area (Å²) in [5.74, 6) is -2.04. The molecule has 1 aromatic heterocycles. The largest absolute Gasteiger partial charge is 0.481 e. The van der Waals surface area contributed by atoms with E-state index < -0.39 is 41.5 Å². The van der Waals surface area contributed by atoms with Gasteiger partial charge in [-0.2, -0.15) is 5.10 Å². The number of carboxylic acids is 1. The second-order valence-electron chi connectivity index (χ2n) is 9.34. The number of rotatable bonds is 5. The number of nitrogens with zero attached hydrogens (tertiary/aromatic N) is 3. The Morgan fingerprint density at radius 1 is 1.31 bits per heavy atom. The van der Waals surface area contributed by atoms with Gasteiger partial charge >= 0.3 is 12.1 Å². The number of hydrogen-bond acceptors (Lipinski definition) is 5. The molecule has 2 heterocycles. The molecule has 2 aromatic rings. The van der Waals surface area contributed by atoms with Crippen LogP contribution in [-0.4, -0.2) is 62.0 Å². The average molecular weight is 448 g/mol. The van der Waals surface area contributed by atoms with Crippen molar-refractivity contribution in [2.24, 2.45) is 0 Å². The number of fused-ring (bicyclic) bond motifs is 1. The summed E-state index contributed by atoms with van der Waals surface area (Å²) in [4.78, 5) is 38.3. The maximum absolute atomic E-state index is 13.9. The van der Waals surface area contributed by atoms with Crippen LogP contribution in [0.15, 0.2) is 18.2 Å². The summed E-state index contributed by atoms with van der Waals surface area (Å²) in [5, 5.41) is 16.8. The number of ether oxygens (including phenoxy) is 1. The van der Waals surface area contributed by atoms with E-state index in [0.717, 1.165) is 0 Å². The van der Waals surface area contributed by atoms with Gasteiger partial charge in [0.15, 0.2) is 5.69 Å². The third-order valence-corrected chi connectivity index (χ3v) is 5.16. The quantitative estimate of drug-likeness (QED) is 0.725. The second-order valence-corrected chi connectivity index (χ2v) is 9.34. The third kappa shape index (κ3) is 5.17. The molecule has 32 heavy (non-hydrogen) atoms. The molecule has 2 amide bonds. The zero-order chi connectivity index (χ0) is 23.8. The van der Waals surface area contributed by atoms with Gasteiger partial charge in [-0.05, 0) is 59.2 Å². The molecule has 1 aliphatic heterocycles. The Hall–Kier alpha value is -3.17. The standard InChI is InChI=1S/C22H29FN4O5/c1-12(2)27-17-7-6-13(23)8-16(17)19(25-27)20(30)24-14-9-15(10-18(28)29)26(11-14)21(31)32-22(3,4)5/h6-8,12,14-15H,9-11H2,1-5H3,(H,24,30)(H,28,29)/t14-,15-/m0/s1. The van der Waals surface area contributed by atoms with E-state index in [9.17, 15) is 23.9 Å². The van der Waals surface area contributed by atoms with Gasteiger partial charge in [0, 0.05) is 30.1 Å². The number of halogens is 1. The Kier molecular flexibility index (Phi) is 6.43. The molecule has 1 aromatic carbocycles. The summed E-state index contributed by atoms with van der Waals surface area (Å²) in [7, 11) is 0. The van der Waals surface area contributed by atoms with Gasteiger partial charge in [0.2, 0.25) is 0 Å². The lowest BCUT2D eigenvalue weighted by atomic mass is 10.1. The van der Waals surface area contributed by atoms with Crippen LogP contribution in [0.25, 0.3) is 10.9 Å². The maximum atomic E-state index is 13.9. The number of nitrogens with one attached hydrogen (secondary N) is 1. The molecule has 1 aliphatic rings. The van der Waals surface area contributed by atoms with E-state index in [1.165, 1.54) is 17.0 Å². The van der Waals surface area contributed by atoms with Crippen molar-refractivity contribution in [3.63, 3.8) is 0 Å². The molecule has 1 fully saturated rings. The normalized spacial score (nSPS) is 18.9. The van der Waals surface area contributed by atoms with E-state index in [1.54, 1.807) is 31.5 Å². The summed E-state index contributed by atoms with van der Waals surface area (Å²) in [5.41, 5.74) is -0.0189. The van der Waals surface area contributed by atoms with Gasteiger partial charge in [0.05, 0.1) is 11.9 Å². The van der Waals surface area contributed by atoms with E-state index in [2.05, 4.69) is 10.4 Å². The van der Waals surface area contributed by atoms with Crippen LogP contribution in [0.2, 0.25) is 0 Å². The van der Waals surface area contributed by atoms with Gasteiger partial charge in [-0.15, -0.1) is 0 Å². The number of carbonyl (C=O) groups excluding carboxylic acids is 2. The van der Waals surface area contributed by atoms with E-state index in [1.807, 2.05) is 13.8 Å². The predicted octanol–water partition coefficient (Wildman–Crippen LogP) is 3.34. The highest BCUT2D eigenvalue weighted by atomic mass is 19.1. The van der Waals surface area contributed by atoms with Crippen molar-refractivity contribution in [1.29, 1.82) is 0 Å². The van der Waals surface area contributed by atoms with Crippen LogP contribution in [0.4, 0.5) is 9.18 Å². The van der Waals surface area contributed by atoms with Crippen molar-refractivity contribution in [3.8, 4) is 0 Å². The van der Waals surface area contributed by atoms with Gasteiger partial charge in [-0.1, -0.05) is 0 Å². The van der Waals surface area contributed by atoms with Crippen molar-refractivity contribution in [1.82, 2.24) is 20.0 Å². The lowest BCUT2D eigenvalue weighted by Gasteiger charge is -2.27. The molecule has 3 rings (SSSR count). The zero-order valence-electron chi connectivity index (χ0n) is 18.9. The molecule has 2 atom stereocenters. The maximum Gasteiger partial charge on any atom is 0.410 e. The Balaban J connectivity index is 1.82. The highest BCUT2D eigenvalue weighted by Crippen LogP contribution is 2.26. The third-order valence-electron chi connectivity index (χ3n) is 5.16. The molecule has 0 saturated carbocycles. The Morgan fingerprint density at radius 3 is 2.59 bits per heavy atom. The van der Waals surface area contributed by atoms with Crippen LogP contribution in [0.3, 0.4) is 0 Å². The Bertz CT molecular complexity index is 1040. The molecule has 10 heteroatoms. The highest BCUT2D eigenvalue weighted by molar-refractivity contribution is 6.05. The van der Waals surface area contributed by atoms with Crippen LogP contribution in [0, 0.1) is 5.82 Å². The molecule has 2 N–H and O–H groups in total. The Labute approximate surface area is 185 Å². The van der Waals surface area contributed by atoms with Crippen LogP contribution in [0.1, 0.15) is 64.0 Å². The van der Waals surface area contributed by atoms with Gasteiger partial charge in [-0.3, -0.25) is 14.3 Å². The van der Waals surface area contributed by atoms with Gasteiger partial charge in [0.1, 0.15) is 11.4 Å². The van der Waals surface area contributed by atoms with Crippen molar-refractivity contribution >= 4 is 28.9 Å². The minimum Gasteiger partial charge on any atom is -0.481 e.